The summed E-state index contributed by atoms with van der Waals surface area (Å²) >= 11 is 0. The average molecular weight is 260 g/mol. The van der Waals surface area contributed by atoms with E-state index in [9.17, 15) is 4.79 Å². The van der Waals surface area contributed by atoms with E-state index in [2.05, 4.69) is 26.1 Å². The van der Waals surface area contributed by atoms with E-state index in [1.807, 2.05) is 18.2 Å². The normalized spacial score (nSPS) is 17.7. The molecule has 0 aromatic heterocycles. The lowest BCUT2D eigenvalue weighted by molar-refractivity contribution is 0.0827. The number of benzene rings is 1. The molecular weight excluding hydrogens is 236 g/mol. The van der Waals surface area contributed by atoms with Crippen LogP contribution in [0.5, 0.6) is 0 Å². The van der Waals surface area contributed by atoms with Crippen LogP contribution in [-0.4, -0.2) is 30.9 Å². The van der Waals surface area contributed by atoms with Gasteiger partial charge < -0.3 is 10.2 Å². The van der Waals surface area contributed by atoms with E-state index >= 15 is 0 Å². The number of rotatable bonds is 4. The minimum atomic E-state index is 0.0494. The van der Waals surface area contributed by atoms with Gasteiger partial charge in [-0.2, -0.15) is 0 Å². The number of nitrogens with one attached hydrogen (secondary N) is 1. The Morgan fingerprint density at radius 2 is 2.00 bits per heavy atom. The van der Waals surface area contributed by atoms with Gasteiger partial charge in [0.2, 0.25) is 0 Å². The molecule has 0 bridgehead atoms. The van der Waals surface area contributed by atoms with E-state index in [1.54, 1.807) is 19.0 Å². The highest BCUT2D eigenvalue weighted by Gasteiger charge is 2.42. The van der Waals surface area contributed by atoms with Crippen LogP contribution in [0.25, 0.3) is 0 Å². The van der Waals surface area contributed by atoms with Gasteiger partial charge in [0.15, 0.2) is 0 Å². The van der Waals surface area contributed by atoms with Gasteiger partial charge in [-0.3, -0.25) is 4.79 Å². The van der Waals surface area contributed by atoms with E-state index < -0.39 is 0 Å². The van der Waals surface area contributed by atoms with Gasteiger partial charge in [-0.25, -0.2) is 0 Å². The monoisotopic (exact) mass is 260 g/mol. The molecule has 1 atom stereocenters. The van der Waals surface area contributed by atoms with Gasteiger partial charge in [-0.1, -0.05) is 13.0 Å². The highest BCUT2D eigenvalue weighted by atomic mass is 16.2. The predicted molar refractivity (Wildman–Crippen MR) is 79.6 cm³/mol. The minimum absolute atomic E-state index is 0.0494. The standard InChI is InChI=1S/C16H24N2O/c1-11-6-7-13(15(19)18(4)5)10-14(11)17-12(2)16(3)8-9-16/h6-7,10,12,17H,8-9H2,1-5H3. The molecular formula is C16H24N2O. The Morgan fingerprint density at radius 1 is 1.37 bits per heavy atom. The Hall–Kier alpha value is -1.51. The molecule has 0 aliphatic heterocycles. The summed E-state index contributed by atoms with van der Waals surface area (Å²) in [5.41, 5.74) is 3.43. The molecule has 1 N–H and O–H groups in total. The summed E-state index contributed by atoms with van der Waals surface area (Å²) in [4.78, 5) is 13.6. The Morgan fingerprint density at radius 3 is 2.53 bits per heavy atom. The molecule has 0 spiro atoms. The SMILES string of the molecule is Cc1ccc(C(=O)N(C)C)cc1NC(C)C1(C)CC1. The quantitative estimate of drug-likeness (QED) is 0.901. The van der Waals surface area contributed by atoms with Crippen molar-refractivity contribution in [3.05, 3.63) is 29.3 Å². The number of nitrogens with zero attached hydrogens (tertiary/aromatic N) is 1. The number of hydrogen-bond donors (Lipinski definition) is 1. The molecule has 19 heavy (non-hydrogen) atoms. The first-order chi connectivity index (χ1) is 8.83. The molecule has 1 amide bonds. The van der Waals surface area contributed by atoms with E-state index in [4.69, 9.17) is 0 Å². The second kappa shape index (κ2) is 4.87. The fraction of sp³-hybridized carbons (Fsp3) is 0.562. The van der Waals surface area contributed by atoms with E-state index in [-0.39, 0.29) is 5.91 Å². The van der Waals surface area contributed by atoms with Crippen LogP contribution in [0.2, 0.25) is 0 Å². The van der Waals surface area contributed by atoms with Crippen molar-refractivity contribution in [3.63, 3.8) is 0 Å². The largest absolute Gasteiger partial charge is 0.382 e. The summed E-state index contributed by atoms with van der Waals surface area (Å²) in [5, 5.41) is 3.58. The highest BCUT2D eigenvalue weighted by molar-refractivity contribution is 5.95. The van der Waals surface area contributed by atoms with Crippen LogP contribution in [0.15, 0.2) is 18.2 Å². The Labute approximate surface area is 116 Å². The molecule has 1 aromatic rings. The first-order valence-corrected chi connectivity index (χ1v) is 6.92. The molecule has 0 saturated heterocycles. The topological polar surface area (TPSA) is 32.3 Å². The van der Waals surface area contributed by atoms with Gasteiger partial charge in [0, 0.05) is 31.4 Å². The molecule has 1 aliphatic rings. The molecule has 104 valence electrons. The van der Waals surface area contributed by atoms with Crippen LogP contribution < -0.4 is 5.32 Å². The number of anilines is 1. The molecule has 1 unspecified atom stereocenters. The summed E-state index contributed by atoms with van der Waals surface area (Å²) < 4.78 is 0. The lowest BCUT2D eigenvalue weighted by Gasteiger charge is -2.23. The van der Waals surface area contributed by atoms with Crippen LogP contribution in [0.4, 0.5) is 5.69 Å². The number of carbonyl (C=O) groups excluding carboxylic acids is 1. The van der Waals surface area contributed by atoms with Crippen molar-refractivity contribution in [3.8, 4) is 0 Å². The number of aryl methyl sites for hydroxylation is 1. The van der Waals surface area contributed by atoms with Gasteiger partial charge in [-0.05, 0) is 49.8 Å². The highest BCUT2D eigenvalue weighted by Crippen LogP contribution is 2.48. The van der Waals surface area contributed by atoms with Crippen molar-refractivity contribution in [1.29, 1.82) is 0 Å². The van der Waals surface area contributed by atoms with Crippen LogP contribution >= 0.6 is 0 Å². The molecule has 0 heterocycles. The van der Waals surface area contributed by atoms with Gasteiger partial charge in [0.1, 0.15) is 0 Å². The summed E-state index contributed by atoms with van der Waals surface area (Å²) in [6.07, 6.45) is 2.58. The lowest BCUT2D eigenvalue weighted by Crippen LogP contribution is -2.26. The number of amides is 1. The molecule has 2 rings (SSSR count). The van der Waals surface area contributed by atoms with Crippen molar-refractivity contribution in [2.24, 2.45) is 5.41 Å². The van der Waals surface area contributed by atoms with Gasteiger partial charge >= 0.3 is 0 Å². The zero-order valence-corrected chi connectivity index (χ0v) is 12.6. The first-order valence-electron chi connectivity index (χ1n) is 6.92. The molecule has 3 nitrogen and oxygen atoms in total. The molecule has 1 aromatic carbocycles. The van der Waals surface area contributed by atoms with E-state index in [0.717, 1.165) is 11.3 Å². The fourth-order valence-corrected chi connectivity index (χ4v) is 2.21. The van der Waals surface area contributed by atoms with Crippen molar-refractivity contribution < 1.29 is 4.79 Å². The first kappa shape index (κ1) is 13.9. The van der Waals surface area contributed by atoms with Crippen LogP contribution in [0, 0.1) is 12.3 Å². The molecule has 1 saturated carbocycles. The van der Waals surface area contributed by atoms with Gasteiger partial charge in [0.25, 0.3) is 5.91 Å². The summed E-state index contributed by atoms with van der Waals surface area (Å²) in [7, 11) is 3.56. The van der Waals surface area contributed by atoms with Crippen LogP contribution in [0.3, 0.4) is 0 Å². The zero-order chi connectivity index (χ0) is 14.2. The third-order valence-corrected chi connectivity index (χ3v) is 4.35. The predicted octanol–water partition coefficient (Wildman–Crippen LogP) is 3.30. The average Bonchev–Trinajstić information content (AvgIpc) is 3.10. The molecule has 3 heteroatoms. The maximum atomic E-state index is 12.0. The number of carbonyl (C=O) groups is 1. The molecule has 0 radical (unpaired) electrons. The summed E-state index contributed by atoms with van der Waals surface area (Å²) in [6, 6.07) is 6.32. The van der Waals surface area contributed by atoms with Crippen molar-refractivity contribution in [2.75, 3.05) is 19.4 Å². The van der Waals surface area contributed by atoms with Crippen molar-refractivity contribution in [2.45, 2.75) is 39.7 Å². The summed E-state index contributed by atoms with van der Waals surface area (Å²) in [5.74, 6) is 0.0494. The van der Waals surface area contributed by atoms with Gasteiger partial charge in [-0.15, -0.1) is 0 Å². The van der Waals surface area contributed by atoms with E-state index in [1.165, 1.54) is 18.4 Å². The minimum Gasteiger partial charge on any atom is -0.382 e. The Balaban J connectivity index is 2.20. The fourth-order valence-electron chi connectivity index (χ4n) is 2.21. The second-order valence-electron chi connectivity index (χ2n) is 6.25. The second-order valence-corrected chi connectivity index (χ2v) is 6.25. The van der Waals surface area contributed by atoms with Gasteiger partial charge in [0.05, 0.1) is 0 Å². The van der Waals surface area contributed by atoms with Crippen molar-refractivity contribution >= 4 is 11.6 Å². The molecule has 1 aliphatic carbocycles. The Bertz CT molecular complexity index is 490. The Kier molecular flexibility index (Phi) is 3.57. The smallest absolute Gasteiger partial charge is 0.253 e. The third-order valence-electron chi connectivity index (χ3n) is 4.35. The van der Waals surface area contributed by atoms with Crippen molar-refractivity contribution in [1.82, 2.24) is 4.90 Å². The maximum Gasteiger partial charge on any atom is 0.253 e. The van der Waals surface area contributed by atoms with Crippen LogP contribution in [-0.2, 0) is 0 Å². The number of hydrogen-bond acceptors (Lipinski definition) is 2. The third kappa shape index (κ3) is 2.91. The lowest BCUT2D eigenvalue weighted by atomic mass is 9.99. The van der Waals surface area contributed by atoms with Crippen LogP contribution in [0.1, 0.15) is 42.6 Å². The zero-order valence-electron chi connectivity index (χ0n) is 12.6. The summed E-state index contributed by atoms with van der Waals surface area (Å²) in [6.45, 7) is 6.62. The maximum absolute atomic E-state index is 12.0. The van der Waals surface area contributed by atoms with E-state index in [0.29, 0.717) is 11.5 Å². The molecule has 1 fully saturated rings.